The first kappa shape index (κ1) is 17.2. The van der Waals surface area contributed by atoms with E-state index in [0.717, 1.165) is 11.3 Å². The van der Waals surface area contributed by atoms with E-state index >= 15 is 0 Å². The SMILES string of the molecule is C=CCN1C(=O)C(c2ccc(OCC)cc2)=C(N2CCOCC2)C1=O. The lowest BCUT2D eigenvalue weighted by Crippen LogP contribution is -2.40. The van der Waals surface area contributed by atoms with Crippen LogP contribution in [-0.2, 0) is 14.3 Å². The molecule has 132 valence electrons. The average Bonchev–Trinajstić information content (AvgIpc) is 2.88. The summed E-state index contributed by atoms with van der Waals surface area (Å²) >= 11 is 0. The third kappa shape index (κ3) is 3.30. The molecule has 0 unspecified atom stereocenters. The quantitative estimate of drug-likeness (QED) is 0.582. The lowest BCUT2D eigenvalue weighted by Gasteiger charge is -2.29. The fourth-order valence-corrected chi connectivity index (χ4v) is 3.08. The van der Waals surface area contributed by atoms with Gasteiger partial charge in [0.1, 0.15) is 11.4 Å². The molecule has 2 aliphatic rings. The highest BCUT2D eigenvalue weighted by Crippen LogP contribution is 2.32. The van der Waals surface area contributed by atoms with Crippen molar-refractivity contribution in [2.75, 3.05) is 39.5 Å². The van der Waals surface area contributed by atoms with Crippen LogP contribution in [0.2, 0.25) is 0 Å². The van der Waals surface area contributed by atoms with Crippen LogP contribution in [0, 0.1) is 0 Å². The van der Waals surface area contributed by atoms with Crippen molar-refractivity contribution in [3.8, 4) is 5.75 Å². The maximum absolute atomic E-state index is 12.9. The zero-order valence-corrected chi connectivity index (χ0v) is 14.4. The molecule has 0 atom stereocenters. The standard InChI is InChI=1S/C19H22N2O4/c1-3-9-21-18(22)16(14-5-7-15(8-6-14)25-4-2)17(19(21)23)20-10-12-24-13-11-20/h3,5-8H,1,4,9-13H2,2H3. The molecule has 0 spiro atoms. The Morgan fingerprint density at radius 2 is 1.84 bits per heavy atom. The number of carbonyl (C=O) groups is 2. The number of carbonyl (C=O) groups excluding carboxylic acids is 2. The maximum Gasteiger partial charge on any atom is 0.278 e. The van der Waals surface area contributed by atoms with Crippen LogP contribution in [0.25, 0.3) is 5.57 Å². The van der Waals surface area contributed by atoms with E-state index in [4.69, 9.17) is 9.47 Å². The van der Waals surface area contributed by atoms with Gasteiger partial charge in [0, 0.05) is 19.6 Å². The van der Waals surface area contributed by atoms with E-state index in [9.17, 15) is 9.59 Å². The third-order valence-corrected chi connectivity index (χ3v) is 4.24. The monoisotopic (exact) mass is 342 g/mol. The fraction of sp³-hybridized carbons (Fsp3) is 0.368. The first-order valence-electron chi connectivity index (χ1n) is 8.44. The summed E-state index contributed by atoms with van der Waals surface area (Å²) in [6.45, 7) is 8.61. The second kappa shape index (κ2) is 7.53. The second-order valence-corrected chi connectivity index (χ2v) is 5.79. The Morgan fingerprint density at radius 3 is 2.44 bits per heavy atom. The molecule has 6 heteroatoms. The topological polar surface area (TPSA) is 59.1 Å². The van der Waals surface area contributed by atoms with Crippen molar-refractivity contribution in [3.05, 3.63) is 48.2 Å². The molecule has 0 N–H and O–H groups in total. The highest BCUT2D eigenvalue weighted by Gasteiger charge is 2.41. The predicted octanol–water partition coefficient (Wildman–Crippen LogP) is 1.68. The van der Waals surface area contributed by atoms with Crippen molar-refractivity contribution in [3.63, 3.8) is 0 Å². The van der Waals surface area contributed by atoms with Gasteiger partial charge in [-0.3, -0.25) is 14.5 Å². The van der Waals surface area contributed by atoms with E-state index in [1.54, 1.807) is 6.08 Å². The van der Waals surface area contributed by atoms with Gasteiger partial charge in [-0.05, 0) is 24.6 Å². The summed E-state index contributed by atoms with van der Waals surface area (Å²) in [5.41, 5.74) is 1.62. The zero-order chi connectivity index (χ0) is 17.8. The van der Waals surface area contributed by atoms with Crippen molar-refractivity contribution in [2.24, 2.45) is 0 Å². The normalized spacial score (nSPS) is 18.1. The molecule has 1 fully saturated rings. The van der Waals surface area contributed by atoms with Crippen molar-refractivity contribution in [2.45, 2.75) is 6.92 Å². The van der Waals surface area contributed by atoms with Crippen LogP contribution >= 0.6 is 0 Å². The van der Waals surface area contributed by atoms with Crippen LogP contribution in [0.15, 0.2) is 42.6 Å². The molecule has 2 amide bonds. The van der Waals surface area contributed by atoms with Crippen LogP contribution < -0.4 is 4.74 Å². The van der Waals surface area contributed by atoms with Gasteiger partial charge in [0.05, 0.1) is 25.4 Å². The predicted molar refractivity (Wildman–Crippen MR) is 93.8 cm³/mol. The largest absolute Gasteiger partial charge is 0.494 e. The van der Waals surface area contributed by atoms with Crippen LogP contribution in [0.3, 0.4) is 0 Å². The summed E-state index contributed by atoms with van der Waals surface area (Å²) < 4.78 is 10.8. The molecule has 2 heterocycles. The summed E-state index contributed by atoms with van der Waals surface area (Å²) in [7, 11) is 0. The van der Waals surface area contributed by atoms with Crippen molar-refractivity contribution in [1.29, 1.82) is 0 Å². The number of amides is 2. The van der Waals surface area contributed by atoms with Gasteiger partial charge in [-0.15, -0.1) is 6.58 Å². The van der Waals surface area contributed by atoms with Crippen LogP contribution in [-0.4, -0.2) is 61.1 Å². The molecule has 2 aliphatic heterocycles. The first-order chi connectivity index (χ1) is 12.2. The summed E-state index contributed by atoms with van der Waals surface area (Å²) in [6, 6.07) is 7.28. The second-order valence-electron chi connectivity index (χ2n) is 5.79. The minimum atomic E-state index is -0.282. The molecule has 25 heavy (non-hydrogen) atoms. The van der Waals surface area contributed by atoms with Crippen molar-refractivity contribution in [1.82, 2.24) is 9.80 Å². The Kier molecular flexibility index (Phi) is 5.19. The van der Waals surface area contributed by atoms with E-state index in [1.165, 1.54) is 4.90 Å². The van der Waals surface area contributed by atoms with E-state index < -0.39 is 0 Å². The maximum atomic E-state index is 12.9. The van der Waals surface area contributed by atoms with E-state index in [1.807, 2.05) is 36.1 Å². The molecule has 0 aromatic heterocycles. The van der Waals surface area contributed by atoms with Gasteiger partial charge in [-0.25, -0.2) is 0 Å². The summed E-state index contributed by atoms with van der Waals surface area (Å²) in [5.74, 6) is 0.186. The lowest BCUT2D eigenvalue weighted by atomic mass is 10.0. The van der Waals surface area contributed by atoms with E-state index in [2.05, 4.69) is 6.58 Å². The number of hydrogen-bond donors (Lipinski definition) is 0. The lowest BCUT2D eigenvalue weighted by molar-refractivity contribution is -0.137. The van der Waals surface area contributed by atoms with Crippen LogP contribution in [0.5, 0.6) is 5.75 Å². The molecule has 1 aromatic carbocycles. The molecule has 0 bridgehead atoms. The van der Waals surface area contributed by atoms with E-state index in [0.29, 0.717) is 44.2 Å². The van der Waals surface area contributed by atoms with Gasteiger partial charge in [-0.1, -0.05) is 18.2 Å². The Labute approximate surface area is 147 Å². The number of nitrogens with zero attached hydrogens (tertiary/aromatic N) is 2. The van der Waals surface area contributed by atoms with Gasteiger partial charge in [0.2, 0.25) is 0 Å². The van der Waals surface area contributed by atoms with Gasteiger partial charge < -0.3 is 14.4 Å². The molecule has 6 nitrogen and oxygen atoms in total. The number of ether oxygens (including phenoxy) is 2. The Morgan fingerprint density at radius 1 is 1.16 bits per heavy atom. The number of rotatable bonds is 6. The zero-order valence-electron chi connectivity index (χ0n) is 14.4. The van der Waals surface area contributed by atoms with Crippen LogP contribution in [0.4, 0.5) is 0 Å². The molecule has 3 rings (SSSR count). The summed E-state index contributed by atoms with van der Waals surface area (Å²) in [6.07, 6.45) is 1.56. The first-order valence-corrected chi connectivity index (χ1v) is 8.44. The Balaban J connectivity index is 2.02. The highest BCUT2D eigenvalue weighted by atomic mass is 16.5. The molecular formula is C19H22N2O4. The number of hydrogen-bond acceptors (Lipinski definition) is 5. The number of benzene rings is 1. The average molecular weight is 342 g/mol. The van der Waals surface area contributed by atoms with Gasteiger partial charge >= 0.3 is 0 Å². The molecule has 1 saturated heterocycles. The smallest absolute Gasteiger partial charge is 0.278 e. The van der Waals surface area contributed by atoms with Gasteiger partial charge in [0.25, 0.3) is 11.8 Å². The highest BCUT2D eigenvalue weighted by molar-refractivity contribution is 6.35. The van der Waals surface area contributed by atoms with Crippen molar-refractivity contribution >= 4 is 17.4 Å². The molecule has 1 aromatic rings. The van der Waals surface area contributed by atoms with Crippen LogP contribution in [0.1, 0.15) is 12.5 Å². The molecular weight excluding hydrogens is 320 g/mol. The van der Waals surface area contributed by atoms with Gasteiger partial charge in [-0.2, -0.15) is 0 Å². The Bertz CT molecular complexity index is 703. The number of imide groups is 1. The summed E-state index contributed by atoms with van der Waals surface area (Å²) in [4.78, 5) is 28.9. The minimum Gasteiger partial charge on any atom is -0.494 e. The molecule has 0 saturated carbocycles. The fourth-order valence-electron chi connectivity index (χ4n) is 3.08. The molecule has 0 radical (unpaired) electrons. The Hall–Kier alpha value is -2.60. The van der Waals surface area contributed by atoms with Crippen molar-refractivity contribution < 1.29 is 19.1 Å². The minimum absolute atomic E-state index is 0.200. The number of morpholine rings is 1. The van der Waals surface area contributed by atoms with E-state index in [-0.39, 0.29) is 18.4 Å². The summed E-state index contributed by atoms with van der Waals surface area (Å²) in [5, 5.41) is 0. The third-order valence-electron chi connectivity index (χ3n) is 4.24. The van der Waals surface area contributed by atoms with Gasteiger partial charge in [0.15, 0.2) is 0 Å². The molecule has 0 aliphatic carbocycles.